The van der Waals surface area contributed by atoms with Gasteiger partial charge in [0.25, 0.3) is 0 Å². The third-order valence-corrected chi connectivity index (χ3v) is 4.49. The van der Waals surface area contributed by atoms with E-state index in [0.29, 0.717) is 4.88 Å². The fourth-order valence-corrected chi connectivity index (χ4v) is 3.29. The highest BCUT2D eigenvalue weighted by atomic mass is 79.9. The third-order valence-electron chi connectivity index (χ3n) is 1.98. The van der Waals surface area contributed by atoms with Crippen LogP contribution < -0.4 is 0 Å². The average molecular weight is 324 g/mol. The van der Waals surface area contributed by atoms with Gasteiger partial charge in [-0.2, -0.15) is 5.26 Å². The van der Waals surface area contributed by atoms with E-state index >= 15 is 0 Å². The molecular formula is C12H6BrNOS2. The van der Waals surface area contributed by atoms with Crippen LogP contribution in [0, 0.1) is 11.3 Å². The highest BCUT2D eigenvalue weighted by Gasteiger charge is 2.13. The van der Waals surface area contributed by atoms with Gasteiger partial charge in [-0.25, -0.2) is 0 Å². The quantitative estimate of drug-likeness (QED) is 0.478. The number of nitrogens with zero attached hydrogens (tertiary/aromatic N) is 1. The number of Topliss-reactive ketones (excluding diaryl/α,β-unsaturated/α-hetero) is 1. The standard InChI is InChI=1S/C12H6BrNOS2/c13-9-5-10(17-7-9)4-8(6-14)12(15)11-2-1-3-16-11/h1-5,7H. The van der Waals surface area contributed by atoms with Gasteiger partial charge >= 0.3 is 0 Å². The molecule has 0 amide bonds. The number of carbonyl (C=O) groups excluding carboxylic acids is 1. The minimum atomic E-state index is -0.216. The summed E-state index contributed by atoms with van der Waals surface area (Å²) in [6.07, 6.45) is 1.62. The van der Waals surface area contributed by atoms with E-state index in [1.165, 1.54) is 22.7 Å². The summed E-state index contributed by atoms with van der Waals surface area (Å²) >= 11 is 6.16. The molecule has 2 rings (SSSR count). The van der Waals surface area contributed by atoms with Crippen molar-refractivity contribution in [1.82, 2.24) is 0 Å². The maximum Gasteiger partial charge on any atom is 0.213 e. The Labute approximate surface area is 115 Å². The van der Waals surface area contributed by atoms with Crippen LogP contribution in [0.1, 0.15) is 14.5 Å². The van der Waals surface area contributed by atoms with E-state index in [4.69, 9.17) is 5.26 Å². The van der Waals surface area contributed by atoms with Gasteiger partial charge in [0, 0.05) is 14.7 Å². The zero-order valence-electron chi connectivity index (χ0n) is 8.51. The van der Waals surface area contributed by atoms with E-state index in [0.717, 1.165) is 9.35 Å². The molecule has 0 bridgehead atoms. The Hall–Kier alpha value is -1.22. The first kappa shape index (κ1) is 12.2. The highest BCUT2D eigenvalue weighted by Crippen LogP contribution is 2.23. The Morgan fingerprint density at radius 3 is 2.82 bits per heavy atom. The van der Waals surface area contributed by atoms with Crippen LogP contribution in [0.25, 0.3) is 6.08 Å². The lowest BCUT2D eigenvalue weighted by Gasteiger charge is -1.93. The number of allylic oxidation sites excluding steroid dienone is 1. The van der Waals surface area contributed by atoms with E-state index in [2.05, 4.69) is 15.9 Å². The minimum Gasteiger partial charge on any atom is -0.287 e. The summed E-state index contributed by atoms with van der Waals surface area (Å²) in [5.41, 5.74) is 0.168. The van der Waals surface area contributed by atoms with Crippen LogP contribution >= 0.6 is 38.6 Å². The summed E-state index contributed by atoms with van der Waals surface area (Å²) < 4.78 is 0.953. The van der Waals surface area contributed by atoms with Crippen LogP contribution in [-0.2, 0) is 0 Å². The van der Waals surface area contributed by atoms with Gasteiger partial charge in [-0.1, -0.05) is 6.07 Å². The van der Waals surface area contributed by atoms with Gasteiger partial charge in [-0.15, -0.1) is 22.7 Å². The summed E-state index contributed by atoms with van der Waals surface area (Å²) in [4.78, 5) is 13.4. The van der Waals surface area contributed by atoms with E-state index < -0.39 is 0 Å². The van der Waals surface area contributed by atoms with Crippen molar-refractivity contribution in [2.75, 3.05) is 0 Å². The summed E-state index contributed by atoms with van der Waals surface area (Å²) in [5, 5.41) is 12.8. The van der Waals surface area contributed by atoms with E-state index in [1.807, 2.05) is 22.9 Å². The molecule has 0 spiro atoms. The lowest BCUT2D eigenvalue weighted by molar-refractivity contribution is 0.104. The molecule has 2 aromatic rings. The molecule has 0 N–H and O–H groups in total. The molecule has 0 aliphatic rings. The van der Waals surface area contributed by atoms with Crippen molar-refractivity contribution in [3.05, 3.63) is 48.8 Å². The van der Waals surface area contributed by atoms with Crippen molar-refractivity contribution in [3.63, 3.8) is 0 Å². The van der Waals surface area contributed by atoms with Crippen LogP contribution in [0.4, 0.5) is 0 Å². The van der Waals surface area contributed by atoms with Gasteiger partial charge in [0.2, 0.25) is 5.78 Å². The first-order valence-corrected chi connectivity index (χ1v) is 7.20. The van der Waals surface area contributed by atoms with Crippen LogP contribution in [0.5, 0.6) is 0 Å². The van der Waals surface area contributed by atoms with Crippen molar-refractivity contribution in [1.29, 1.82) is 5.26 Å². The zero-order valence-corrected chi connectivity index (χ0v) is 11.7. The molecular weight excluding hydrogens is 318 g/mol. The second-order valence-electron chi connectivity index (χ2n) is 3.14. The first-order valence-electron chi connectivity index (χ1n) is 4.65. The van der Waals surface area contributed by atoms with Crippen LogP contribution in [0.2, 0.25) is 0 Å². The number of hydrogen-bond donors (Lipinski definition) is 0. The Morgan fingerprint density at radius 1 is 1.47 bits per heavy atom. The molecule has 5 heteroatoms. The average Bonchev–Trinajstić information content (AvgIpc) is 2.96. The molecule has 0 unspecified atom stereocenters. The van der Waals surface area contributed by atoms with Crippen molar-refractivity contribution >= 4 is 50.5 Å². The van der Waals surface area contributed by atoms with Crippen molar-refractivity contribution in [2.45, 2.75) is 0 Å². The molecule has 2 aromatic heterocycles. The number of hydrogen-bond acceptors (Lipinski definition) is 4. The lowest BCUT2D eigenvalue weighted by atomic mass is 10.1. The Bertz CT molecular complexity index is 605. The van der Waals surface area contributed by atoms with Gasteiger partial charge in [0.1, 0.15) is 11.6 Å². The summed E-state index contributed by atoms with van der Waals surface area (Å²) in [6.45, 7) is 0. The van der Waals surface area contributed by atoms with Gasteiger partial charge in [0.05, 0.1) is 4.88 Å². The van der Waals surface area contributed by atoms with Crippen molar-refractivity contribution < 1.29 is 4.79 Å². The topological polar surface area (TPSA) is 40.9 Å². The zero-order chi connectivity index (χ0) is 12.3. The van der Waals surface area contributed by atoms with Gasteiger partial charge in [0.15, 0.2) is 0 Å². The second-order valence-corrected chi connectivity index (χ2v) is 5.95. The third kappa shape index (κ3) is 2.91. The number of ketones is 1. The minimum absolute atomic E-state index is 0.168. The van der Waals surface area contributed by atoms with Crippen molar-refractivity contribution in [2.24, 2.45) is 0 Å². The smallest absolute Gasteiger partial charge is 0.213 e. The largest absolute Gasteiger partial charge is 0.287 e. The van der Waals surface area contributed by atoms with E-state index in [9.17, 15) is 4.79 Å². The summed E-state index contributed by atoms with van der Waals surface area (Å²) in [7, 11) is 0. The van der Waals surface area contributed by atoms with E-state index in [-0.39, 0.29) is 11.4 Å². The Kier molecular flexibility index (Phi) is 3.89. The molecule has 17 heavy (non-hydrogen) atoms. The second kappa shape index (κ2) is 5.41. The summed E-state index contributed by atoms with van der Waals surface area (Å²) in [6, 6.07) is 7.36. The molecule has 0 atom stereocenters. The highest BCUT2D eigenvalue weighted by molar-refractivity contribution is 9.10. The first-order chi connectivity index (χ1) is 8.20. The predicted molar refractivity (Wildman–Crippen MR) is 74.3 cm³/mol. The number of nitriles is 1. The molecule has 0 aromatic carbocycles. The molecule has 2 nitrogen and oxygen atoms in total. The van der Waals surface area contributed by atoms with E-state index in [1.54, 1.807) is 18.2 Å². The number of thiophene rings is 2. The molecule has 0 radical (unpaired) electrons. The predicted octanol–water partition coefficient (Wildman–Crippen LogP) is 4.36. The van der Waals surface area contributed by atoms with Gasteiger partial charge in [-0.05, 0) is 39.5 Å². The normalized spacial score (nSPS) is 11.2. The van der Waals surface area contributed by atoms with Gasteiger partial charge < -0.3 is 0 Å². The maximum atomic E-state index is 12.0. The molecule has 2 heterocycles. The van der Waals surface area contributed by atoms with Gasteiger partial charge in [-0.3, -0.25) is 4.79 Å². The van der Waals surface area contributed by atoms with Crippen molar-refractivity contribution in [3.8, 4) is 6.07 Å². The Morgan fingerprint density at radius 2 is 2.29 bits per heavy atom. The Balaban J connectivity index is 2.32. The monoisotopic (exact) mass is 323 g/mol. The number of rotatable bonds is 3. The number of halogens is 1. The fraction of sp³-hybridized carbons (Fsp3) is 0. The SMILES string of the molecule is N#CC(=Cc1cc(Br)cs1)C(=O)c1cccs1. The number of carbonyl (C=O) groups is 1. The molecule has 0 fully saturated rings. The summed E-state index contributed by atoms with van der Waals surface area (Å²) in [5.74, 6) is -0.216. The lowest BCUT2D eigenvalue weighted by Crippen LogP contribution is -1.98. The molecule has 84 valence electrons. The molecule has 0 aliphatic carbocycles. The van der Waals surface area contributed by atoms with Crippen LogP contribution in [0.3, 0.4) is 0 Å². The van der Waals surface area contributed by atoms with Crippen LogP contribution in [-0.4, -0.2) is 5.78 Å². The fourth-order valence-electron chi connectivity index (χ4n) is 1.24. The molecule has 0 aliphatic heterocycles. The van der Waals surface area contributed by atoms with Crippen LogP contribution in [0.15, 0.2) is 39.0 Å². The molecule has 0 saturated carbocycles. The maximum absolute atomic E-state index is 12.0. The molecule has 0 saturated heterocycles.